The highest BCUT2D eigenvalue weighted by molar-refractivity contribution is 7.13. The third-order valence-corrected chi connectivity index (χ3v) is 3.85. The number of nitrogens with zero attached hydrogens (tertiary/aromatic N) is 2. The number of thiazole rings is 1. The van der Waals surface area contributed by atoms with Crippen LogP contribution in [0.15, 0.2) is 24.5 Å². The SMILES string of the molecule is CCc1ncc(C(=O)NCc2ccc(OCC(F)(F)F)nc2)s1. The van der Waals surface area contributed by atoms with Crippen LogP contribution in [-0.4, -0.2) is 28.7 Å². The van der Waals surface area contributed by atoms with Gasteiger partial charge in [0.15, 0.2) is 6.61 Å². The average molecular weight is 345 g/mol. The molecule has 0 saturated heterocycles. The van der Waals surface area contributed by atoms with Gasteiger partial charge in [-0.1, -0.05) is 13.0 Å². The summed E-state index contributed by atoms with van der Waals surface area (Å²) in [5, 5.41) is 3.58. The van der Waals surface area contributed by atoms with Crippen molar-refractivity contribution < 1.29 is 22.7 Å². The van der Waals surface area contributed by atoms with Gasteiger partial charge in [-0.25, -0.2) is 9.97 Å². The van der Waals surface area contributed by atoms with Crippen LogP contribution in [0.2, 0.25) is 0 Å². The highest BCUT2D eigenvalue weighted by Gasteiger charge is 2.28. The number of pyridine rings is 1. The van der Waals surface area contributed by atoms with Gasteiger partial charge in [0.05, 0.1) is 11.2 Å². The summed E-state index contributed by atoms with van der Waals surface area (Å²) in [5.41, 5.74) is 0.651. The van der Waals surface area contributed by atoms with Crippen molar-refractivity contribution in [1.82, 2.24) is 15.3 Å². The summed E-state index contributed by atoms with van der Waals surface area (Å²) in [4.78, 5) is 20.3. The van der Waals surface area contributed by atoms with Crippen LogP contribution in [0.4, 0.5) is 13.2 Å². The monoisotopic (exact) mass is 345 g/mol. The van der Waals surface area contributed by atoms with Gasteiger partial charge in [-0.15, -0.1) is 11.3 Å². The minimum Gasteiger partial charge on any atom is -0.468 e. The van der Waals surface area contributed by atoms with Crippen LogP contribution in [0.25, 0.3) is 0 Å². The molecule has 0 aliphatic heterocycles. The number of aromatic nitrogens is 2. The van der Waals surface area contributed by atoms with E-state index in [0.717, 1.165) is 11.4 Å². The van der Waals surface area contributed by atoms with Crippen molar-refractivity contribution in [2.24, 2.45) is 0 Å². The number of ether oxygens (including phenoxy) is 1. The summed E-state index contributed by atoms with van der Waals surface area (Å²) in [5.74, 6) is -0.368. The second-order valence-electron chi connectivity index (χ2n) is 4.56. The van der Waals surface area contributed by atoms with Crippen LogP contribution in [0.1, 0.15) is 27.2 Å². The Hall–Kier alpha value is -2.16. The molecular weight excluding hydrogens is 331 g/mol. The van der Waals surface area contributed by atoms with Gasteiger partial charge >= 0.3 is 6.18 Å². The zero-order valence-corrected chi connectivity index (χ0v) is 13.0. The maximum Gasteiger partial charge on any atom is 0.422 e. The van der Waals surface area contributed by atoms with Crippen molar-refractivity contribution in [3.05, 3.63) is 40.0 Å². The van der Waals surface area contributed by atoms with Gasteiger partial charge < -0.3 is 10.1 Å². The van der Waals surface area contributed by atoms with E-state index in [9.17, 15) is 18.0 Å². The molecule has 0 fully saturated rings. The molecule has 0 bridgehead atoms. The van der Waals surface area contributed by atoms with E-state index in [1.165, 1.54) is 29.8 Å². The van der Waals surface area contributed by atoms with Crippen LogP contribution in [0.5, 0.6) is 5.88 Å². The van der Waals surface area contributed by atoms with E-state index in [0.29, 0.717) is 10.4 Å². The largest absolute Gasteiger partial charge is 0.468 e. The fourth-order valence-electron chi connectivity index (χ4n) is 1.60. The third kappa shape index (κ3) is 5.51. The fraction of sp³-hybridized carbons (Fsp3) is 0.357. The third-order valence-electron chi connectivity index (χ3n) is 2.71. The molecule has 0 spiro atoms. The zero-order chi connectivity index (χ0) is 16.9. The molecule has 0 saturated carbocycles. The molecule has 2 aromatic rings. The number of aryl methyl sites for hydroxylation is 1. The van der Waals surface area contributed by atoms with Gasteiger partial charge in [0.25, 0.3) is 5.91 Å². The Morgan fingerprint density at radius 3 is 2.65 bits per heavy atom. The number of halogens is 3. The summed E-state index contributed by atoms with van der Waals surface area (Å²) in [6.45, 7) is 0.778. The summed E-state index contributed by atoms with van der Waals surface area (Å²) in [6.07, 6.45) is -0.761. The van der Waals surface area contributed by atoms with Gasteiger partial charge in [0.2, 0.25) is 5.88 Å². The number of nitrogens with one attached hydrogen (secondary N) is 1. The van der Waals surface area contributed by atoms with Crippen molar-refractivity contribution in [2.45, 2.75) is 26.1 Å². The predicted molar refractivity (Wildman–Crippen MR) is 78.4 cm³/mol. The van der Waals surface area contributed by atoms with E-state index in [1.54, 1.807) is 6.07 Å². The molecule has 5 nitrogen and oxygen atoms in total. The van der Waals surface area contributed by atoms with Gasteiger partial charge in [0.1, 0.15) is 4.88 Å². The lowest BCUT2D eigenvalue weighted by atomic mass is 10.3. The molecule has 1 amide bonds. The number of hydrogen-bond donors (Lipinski definition) is 1. The molecule has 2 heterocycles. The highest BCUT2D eigenvalue weighted by atomic mass is 32.1. The molecule has 0 aromatic carbocycles. The summed E-state index contributed by atoms with van der Waals surface area (Å²) >= 11 is 1.32. The molecule has 2 rings (SSSR count). The summed E-state index contributed by atoms with van der Waals surface area (Å²) in [7, 11) is 0. The van der Waals surface area contributed by atoms with Gasteiger partial charge in [0, 0.05) is 18.8 Å². The Balaban J connectivity index is 1.85. The Morgan fingerprint density at radius 2 is 2.09 bits per heavy atom. The Labute approximate surface area is 134 Å². The van der Waals surface area contributed by atoms with Crippen LogP contribution in [-0.2, 0) is 13.0 Å². The highest BCUT2D eigenvalue weighted by Crippen LogP contribution is 2.17. The summed E-state index contributed by atoms with van der Waals surface area (Å²) < 4.78 is 40.5. The van der Waals surface area contributed by atoms with Crippen molar-refractivity contribution >= 4 is 17.2 Å². The average Bonchev–Trinajstić information content (AvgIpc) is 3.00. The van der Waals surface area contributed by atoms with E-state index in [-0.39, 0.29) is 18.3 Å². The first kappa shape index (κ1) is 17.2. The number of alkyl halides is 3. The molecule has 0 aliphatic rings. The van der Waals surface area contributed by atoms with E-state index in [2.05, 4.69) is 20.0 Å². The van der Waals surface area contributed by atoms with E-state index < -0.39 is 12.8 Å². The predicted octanol–water partition coefficient (Wildman–Crippen LogP) is 2.97. The molecule has 23 heavy (non-hydrogen) atoms. The first-order valence-corrected chi connectivity index (χ1v) is 7.56. The molecular formula is C14H14F3N3O2S. The number of carbonyl (C=O) groups excluding carboxylic acids is 1. The lowest BCUT2D eigenvalue weighted by Gasteiger charge is -2.08. The minimum atomic E-state index is -4.40. The van der Waals surface area contributed by atoms with Crippen molar-refractivity contribution in [3.63, 3.8) is 0 Å². The van der Waals surface area contributed by atoms with E-state index in [1.807, 2.05) is 6.92 Å². The number of carbonyl (C=O) groups is 1. The molecule has 0 unspecified atom stereocenters. The van der Waals surface area contributed by atoms with Gasteiger partial charge in [-0.3, -0.25) is 4.79 Å². The normalized spacial score (nSPS) is 11.3. The van der Waals surface area contributed by atoms with Crippen molar-refractivity contribution in [2.75, 3.05) is 6.61 Å². The van der Waals surface area contributed by atoms with Crippen LogP contribution in [0.3, 0.4) is 0 Å². The van der Waals surface area contributed by atoms with Crippen molar-refractivity contribution in [3.8, 4) is 5.88 Å². The molecule has 0 atom stereocenters. The van der Waals surface area contributed by atoms with Crippen molar-refractivity contribution in [1.29, 1.82) is 0 Å². The minimum absolute atomic E-state index is 0.118. The topological polar surface area (TPSA) is 64.1 Å². The number of amides is 1. The van der Waals surface area contributed by atoms with E-state index >= 15 is 0 Å². The lowest BCUT2D eigenvalue weighted by Crippen LogP contribution is -2.22. The van der Waals surface area contributed by atoms with Crippen LogP contribution >= 0.6 is 11.3 Å². The summed E-state index contributed by atoms with van der Waals surface area (Å²) in [6, 6.07) is 2.87. The first-order valence-electron chi connectivity index (χ1n) is 6.75. The number of hydrogen-bond acceptors (Lipinski definition) is 5. The van der Waals surface area contributed by atoms with Gasteiger partial charge in [-0.05, 0) is 12.0 Å². The quantitative estimate of drug-likeness (QED) is 0.874. The molecule has 0 radical (unpaired) electrons. The number of rotatable bonds is 6. The van der Waals surface area contributed by atoms with Crippen LogP contribution < -0.4 is 10.1 Å². The molecule has 124 valence electrons. The first-order chi connectivity index (χ1) is 10.9. The van der Waals surface area contributed by atoms with Gasteiger partial charge in [-0.2, -0.15) is 13.2 Å². The maximum atomic E-state index is 12.0. The Bertz CT molecular complexity index is 656. The molecule has 1 N–H and O–H groups in total. The Kier molecular flexibility index (Phi) is 5.54. The fourth-order valence-corrected chi connectivity index (χ4v) is 2.38. The smallest absolute Gasteiger partial charge is 0.422 e. The Morgan fingerprint density at radius 1 is 1.30 bits per heavy atom. The lowest BCUT2D eigenvalue weighted by molar-refractivity contribution is -0.154. The van der Waals surface area contributed by atoms with E-state index in [4.69, 9.17) is 0 Å². The second kappa shape index (κ2) is 7.40. The zero-order valence-electron chi connectivity index (χ0n) is 12.2. The second-order valence-corrected chi connectivity index (χ2v) is 5.68. The molecule has 0 aliphatic carbocycles. The molecule has 2 aromatic heterocycles. The molecule has 9 heteroatoms. The van der Waals surface area contributed by atoms with Crippen LogP contribution in [0, 0.1) is 0 Å². The standard InChI is InChI=1S/C14H14F3N3O2S/c1-2-12-19-7-10(23-12)13(21)20-6-9-3-4-11(18-5-9)22-8-14(15,16)17/h3-5,7H,2,6,8H2,1H3,(H,20,21). The maximum absolute atomic E-state index is 12.0.